The molecule has 1 N–H and O–H groups in total. The fourth-order valence-corrected chi connectivity index (χ4v) is 1.79. The van der Waals surface area contributed by atoms with Gasteiger partial charge in [-0.25, -0.2) is 4.98 Å². The summed E-state index contributed by atoms with van der Waals surface area (Å²) in [5, 5.41) is 3.27. The molecule has 0 atom stereocenters. The summed E-state index contributed by atoms with van der Waals surface area (Å²) in [4.78, 5) is 16.3. The van der Waals surface area contributed by atoms with Crippen LogP contribution in [0.3, 0.4) is 0 Å². The Labute approximate surface area is 128 Å². The first kappa shape index (κ1) is 15.7. The predicted octanol–water partition coefficient (Wildman–Crippen LogP) is 2.33. The Balaban J connectivity index is 1.81. The first-order chi connectivity index (χ1) is 10.3. The number of nitrogens with zero attached hydrogens (tertiary/aromatic N) is 5. The van der Waals surface area contributed by atoms with Gasteiger partial charge in [0, 0.05) is 32.2 Å². The van der Waals surface area contributed by atoms with Gasteiger partial charge >= 0.3 is 0 Å². The fourth-order valence-electron chi connectivity index (χ4n) is 1.63. The lowest BCUT2D eigenvalue weighted by atomic mass is 10.4. The van der Waals surface area contributed by atoms with E-state index >= 15 is 0 Å². The van der Waals surface area contributed by atoms with E-state index in [4.69, 9.17) is 16.3 Å². The Morgan fingerprint density at radius 3 is 2.86 bits per heavy atom. The van der Waals surface area contributed by atoms with Gasteiger partial charge in [-0.15, -0.1) is 0 Å². The van der Waals surface area contributed by atoms with Gasteiger partial charge < -0.3 is 10.1 Å². The van der Waals surface area contributed by atoms with Crippen LogP contribution in [-0.4, -0.2) is 44.3 Å². The van der Waals surface area contributed by atoms with Crippen molar-refractivity contribution in [2.45, 2.75) is 26.2 Å². The van der Waals surface area contributed by atoms with Crippen LogP contribution in [0.1, 0.15) is 26.2 Å². The highest BCUT2D eigenvalue weighted by Gasteiger charge is 2.06. The maximum atomic E-state index is 5.90. The molecule has 2 aromatic heterocycles. The number of hydrogen-bond donors (Lipinski definition) is 1. The minimum atomic E-state index is 0.149. The standard InChI is InChI=1S/C13H19ClN6O/c1-2-3-8-21-9-4-5-16-12-17-11(14)18-13(19-12)20-7-6-15-10-20/h6-7,10H,2-5,8-9H2,1H3,(H,16,17,18,19). The number of halogens is 1. The largest absolute Gasteiger partial charge is 0.381 e. The van der Waals surface area contributed by atoms with Crippen molar-refractivity contribution in [2.24, 2.45) is 0 Å². The van der Waals surface area contributed by atoms with E-state index in [0.717, 1.165) is 39.0 Å². The summed E-state index contributed by atoms with van der Waals surface area (Å²) in [6.45, 7) is 4.40. The lowest BCUT2D eigenvalue weighted by Gasteiger charge is -2.07. The average Bonchev–Trinajstić information content (AvgIpc) is 3.00. The van der Waals surface area contributed by atoms with Gasteiger partial charge in [0.25, 0.3) is 0 Å². The van der Waals surface area contributed by atoms with Crippen LogP contribution in [0.5, 0.6) is 0 Å². The molecule has 0 radical (unpaired) electrons. The number of ether oxygens (including phenoxy) is 1. The van der Waals surface area contributed by atoms with Crippen LogP contribution >= 0.6 is 11.6 Å². The predicted molar refractivity (Wildman–Crippen MR) is 80.8 cm³/mol. The van der Waals surface area contributed by atoms with Crippen molar-refractivity contribution in [3.8, 4) is 5.95 Å². The molecule has 114 valence electrons. The number of aromatic nitrogens is 5. The third-order valence-electron chi connectivity index (χ3n) is 2.72. The van der Waals surface area contributed by atoms with E-state index in [-0.39, 0.29) is 5.28 Å². The first-order valence-corrected chi connectivity index (χ1v) is 7.39. The smallest absolute Gasteiger partial charge is 0.241 e. The Bertz CT molecular complexity index is 533. The lowest BCUT2D eigenvalue weighted by Crippen LogP contribution is -2.11. The second-order valence-electron chi connectivity index (χ2n) is 4.44. The Hall–Kier alpha value is -1.73. The molecule has 0 spiro atoms. The number of imidazole rings is 1. The van der Waals surface area contributed by atoms with Crippen LogP contribution in [0.15, 0.2) is 18.7 Å². The highest BCUT2D eigenvalue weighted by Crippen LogP contribution is 2.09. The van der Waals surface area contributed by atoms with Gasteiger partial charge in [-0.2, -0.15) is 15.0 Å². The van der Waals surface area contributed by atoms with Crippen molar-refractivity contribution >= 4 is 17.5 Å². The summed E-state index contributed by atoms with van der Waals surface area (Å²) in [5.41, 5.74) is 0. The maximum absolute atomic E-state index is 5.90. The van der Waals surface area contributed by atoms with Gasteiger partial charge in [-0.1, -0.05) is 13.3 Å². The third kappa shape index (κ3) is 5.28. The number of nitrogens with one attached hydrogen (secondary N) is 1. The molecule has 0 aliphatic rings. The van der Waals surface area contributed by atoms with Crippen molar-refractivity contribution in [2.75, 3.05) is 25.1 Å². The Morgan fingerprint density at radius 1 is 1.24 bits per heavy atom. The summed E-state index contributed by atoms with van der Waals surface area (Å²) in [7, 11) is 0. The second kappa shape index (κ2) is 8.53. The highest BCUT2D eigenvalue weighted by atomic mass is 35.5. The first-order valence-electron chi connectivity index (χ1n) is 7.01. The number of rotatable bonds is 9. The minimum Gasteiger partial charge on any atom is -0.381 e. The maximum Gasteiger partial charge on any atom is 0.241 e. The fraction of sp³-hybridized carbons (Fsp3) is 0.538. The Morgan fingerprint density at radius 2 is 2.10 bits per heavy atom. The van der Waals surface area contributed by atoms with Crippen LogP contribution in [0.25, 0.3) is 5.95 Å². The molecule has 0 aliphatic carbocycles. The monoisotopic (exact) mass is 310 g/mol. The van der Waals surface area contributed by atoms with E-state index in [2.05, 4.69) is 32.2 Å². The molecule has 0 aliphatic heterocycles. The molecule has 7 nitrogen and oxygen atoms in total. The average molecular weight is 311 g/mol. The minimum absolute atomic E-state index is 0.149. The molecule has 0 unspecified atom stereocenters. The van der Waals surface area contributed by atoms with Crippen LogP contribution < -0.4 is 5.32 Å². The van der Waals surface area contributed by atoms with Gasteiger partial charge in [0.05, 0.1) is 0 Å². The SMILES string of the molecule is CCCCOCCCNc1nc(Cl)nc(-n2ccnc2)n1. The molecule has 2 rings (SSSR count). The second-order valence-corrected chi connectivity index (χ2v) is 4.78. The van der Waals surface area contributed by atoms with E-state index < -0.39 is 0 Å². The number of anilines is 1. The molecule has 0 fully saturated rings. The van der Waals surface area contributed by atoms with E-state index in [1.807, 2.05) is 0 Å². The van der Waals surface area contributed by atoms with E-state index in [0.29, 0.717) is 11.9 Å². The molecule has 0 amide bonds. The lowest BCUT2D eigenvalue weighted by molar-refractivity contribution is 0.131. The zero-order chi connectivity index (χ0) is 14.9. The van der Waals surface area contributed by atoms with Crippen molar-refractivity contribution in [1.82, 2.24) is 24.5 Å². The van der Waals surface area contributed by atoms with Gasteiger partial charge in [-0.3, -0.25) is 4.57 Å². The molecule has 21 heavy (non-hydrogen) atoms. The van der Waals surface area contributed by atoms with E-state index in [9.17, 15) is 0 Å². The summed E-state index contributed by atoms with van der Waals surface area (Å²) in [6, 6.07) is 0. The number of hydrogen-bond acceptors (Lipinski definition) is 6. The van der Waals surface area contributed by atoms with Gasteiger partial charge in [0.15, 0.2) is 0 Å². The zero-order valence-corrected chi connectivity index (χ0v) is 12.8. The summed E-state index contributed by atoms with van der Waals surface area (Å²) >= 11 is 5.90. The number of unbranched alkanes of at least 4 members (excludes halogenated alkanes) is 1. The Kier molecular flexibility index (Phi) is 6.36. The van der Waals surface area contributed by atoms with Crippen molar-refractivity contribution in [3.63, 3.8) is 0 Å². The van der Waals surface area contributed by atoms with Gasteiger partial charge in [0.1, 0.15) is 6.33 Å². The molecule has 0 bridgehead atoms. The summed E-state index contributed by atoms with van der Waals surface area (Å²) in [6.07, 6.45) is 8.14. The van der Waals surface area contributed by atoms with Gasteiger partial charge in [-0.05, 0) is 24.4 Å². The van der Waals surface area contributed by atoms with Crippen LogP contribution in [0.2, 0.25) is 5.28 Å². The molecule has 0 saturated heterocycles. The van der Waals surface area contributed by atoms with Crippen molar-refractivity contribution in [1.29, 1.82) is 0 Å². The molecule has 8 heteroatoms. The quantitative estimate of drug-likeness (QED) is 0.716. The zero-order valence-electron chi connectivity index (χ0n) is 12.0. The summed E-state index contributed by atoms with van der Waals surface area (Å²) in [5.74, 6) is 0.890. The molecule has 2 heterocycles. The van der Waals surface area contributed by atoms with E-state index in [1.165, 1.54) is 0 Å². The molecular weight excluding hydrogens is 292 g/mol. The molecule has 2 aromatic rings. The molecule has 0 saturated carbocycles. The molecule has 0 aromatic carbocycles. The normalized spacial score (nSPS) is 10.8. The van der Waals surface area contributed by atoms with Crippen LogP contribution in [-0.2, 0) is 4.74 Å². The topological polar surface area (TPSA) is 77.8 Å². The van der Waals surface area contributed by atoms with Gasteiger partial charge in [0.2, 0.25) is 17.2 Å². The van der Waals surface area contributed by atoms with E-state index in [1.54, 1.807) is 23.3 Å². The van der Waals surface area contributed by atoms with Crippen molar-refractivity contribution < 1.29 is 4.74 Å². The summed E-state index contributed by atoms with van der Waals surface area (Å²) < 4.78 is 7.16. The molecular formula is C13H19ClN6O. The highest BCUT2D eigenvalue weighted by molar-refractivity contribution is 6.28. The van der Waals surface area contributed by atoms with Crippen LogP contribution in [0.4, 0.5) is 5.95 Å². The van der Waals surface area contributed by atoms with Crippen molar-refractivity contribution in [3.05, 3.63) is 24.0 Å². The van der Waals surface area contributed by atoms with Crippen LogP contribution in [0, 0.1) is 0 Å². The third-order valence-corrected chi connectivity index (χ3v) is 2.89.